The summed E-state index contributed by atoms with van der Waals surface area (Å²) >= 11 is 0. The number of anilines is 1. The molecule has 1 aromatic carbocycles. The molecule has 0 unspecified atom stereocenters. The first kappa shape index (κ1) is 17.7. The summed E-state index contributed by atoms with van der Waals surface area (Å²) in [4.78, 5) is 23.7. The van der Waals surface area contributed by atoms with Gasteiger partial charge in [-0.05, 0) is 24.3 Å². The SMILES string of the molecule is Cc1cc(NC(=O)CNC(=O)CCC(C)(C)c2ccccc2)no1. The molecule has 2 N–H and O–H groups in total. The second-order valence-electron chi connectivity index (χ2n) is 6.40. The number of aromatic nitrogens is 1. The maximum atomic E-state index is 12.0. The molecule has 2 amide bonds. The van der Waals surface area contributed by atoms with Gasteiger partial charge in [0.25, 0.3) is 0 Å². The Balaban J connectivity index is 1.74. The van der Waals surface area contributed by atoms with E-state index in [2.05, 4.69) is 41.8 Å². The number of amides is 2. The van der Waals surface area contributed by atoms with Crippen molar-refractivity contribution in [3.63, 3.8) is 0 Å². The third-order valence-electron chi connectivity index (χ3n) is 3.87. The van der Waals surface area contributed by atoms with Gasteiger partial charge >= 0.3 is 0 Å². The topological polar surface area (TPSA) is 84.2 Å². The quantitative estimate of drug-likeness (QED) is 0.818. The van der Waals surface area contributed by atoms with Crippen LogP contribution in [0.1, 0.15) is 38.0 Å². The van der Waals surface area contributed by atoms with E-state index in [1.165, 1.54) is 5.56 Å². The molecule has 0 atom stereocenters. The van der Waals surface area contributed by atoms with Gasteiger partial charge in [0.05, 0.1) is 6.54 Å². The van der Waals surface area contributed by atoms with E-state index in [1.807, 2.05) is 18.2 Å². The zero-order chi connectivity index (χ0) is 17.6. The van der Waals surface area contributed by atoms with Crippen molar-refractivity contribution in [1.82, 2.24) is 10.5 Å². The Morgan fingerprint density at radius 2 is 1.88 bits per heavy atom. The number of nitrogens with zero attached hydrogens (tertiary/aromatic N) is 1. The number of carbonyl (C=O) groups is 2. The smallest absolute Gasteiger partial charge is 0.245 e. The van der Waals surface area contributed by atoms with Crippen LogP contribution in [0.15, 0.2) is 40.9 Å². The molecule has 0 radical (unpaired) electrons. The second-order valence-corrected chi connectivity index (χ2v) is 6.40. The molecular weight excluding hydrogens is 306 g/mol. The third kappa shape index (κ3) is 5.22. The lowest BCUT2D eigenvalue weighted by Gasteiger charge is -2.25. The van der Waals surface area contributed by atoms with Crippen molar-refractivity contribution in [2.24, 2.45) is 0 Å². The van der Waals surface area contributed by atoms with Crippen LogP contribution in [0.2, 0.25) is 0 Å². The molecule has 0 aliphatic rings. The predicted octanol–water partition coefficient (Wildman–Crippen LogP) is 2.80. The van der Waals surface area contributed by atoms with Crippen LogP contribution in [0.3, 0.4) is 0 Å². The number of carbonyl (C=O) groups excluding carboxylic acids is 2. The highest BCUT2D eigenvalue weighted by atomic mass is 16.5. The van der Waals surface area contributed by atoms with E-state index >= 15 is 0 Å². The number of benzene rings is 1. The number of rotatable bonds is 7. The van der Waals surface area contributed by atoms with E-state index in [4.69, 9.17) is 4.52 Å². The minimum absolute atomic E-state index is 0.0868. The highest BCUT2D eigenvalue weighted by molar-refractivity contribution is 5.93. The zero-order valence-electron chi connectivity index (χ0n) is 14.3. The largest absolute Gasteiger partial charge is 0.360 e. The number of nitrogens with one attached hydrogen (secondary N) is 2. The van der Waals surface area contributed by atoms with E-state index in [-0.39, 0.29) is 23.8 Å². The Hall–Kier alpha value is -2.63. The fourth-order valence-electron chi connectivity index (χ4n) is 2.34. The molecular formula is C18H23N3O3. The molecule has 2 aromatic rings. The van der Waals surface area contributed by atoms with Gasteiger partial charge in [-0.2, -0.15) is 0 Å². The van der Waals surface area contributed by atoms with E-state index in [0.717, 1.165) is 0 Å². The molecule has 128 valence electrons. The average Bonchev–Trinajstić information content (AvgIpc) is 2.97. The predicted molar refractivity (Wildman–Crippen MR) is 91.6 cm³/mol. The highest BCUT2D eigenvalue weighted by Crippen LogP contribution is 2.27. The molecule has 0 bridgehead atoms. The molecule has 0 spiro atoms. The molecule has 0 aliphatic carbocycles. The summed E-state index contributed by atoms with van der Waals surface area (Å²) in [5.41, 5.74) is 1.09. The molecule has 6 nitrogen and oxygen atoms in total. The van der Waals surface area contributed by atoms with Gasteiger partial charge in [0.15, 0.2) is 5.82 Å². The van der Waals surface area contributed by atoms with Crippen LogP contribution in [0.4, 0.5) is 5.82 Å². The lowest BCUT2D eigenvalue weighted by molar-refractivity contribution is -0.124. The fraction of sp³-hybridized carbons (Fsp3) is 0.389. The van der Waals surface area contributed by atoms with Crippen molar-refractivity contribution in [3.8, 4) is 0 Å². The Labute approximate surface area is 141 Å². The number of aryl methyl sites for hydroxylation is 1. The molecule has 0 saturated carbocycles. The van der Waals surface area contributed by atoms with Crippen LogP contribution in [-0.4, -0.2) is 23.5 Å². The summed E-state index contributed by atoms with van der Waals surface area (Å²) in [5, 5.41) is 8.85. The number of hydrogen-bond donors (Lipinski definition) is 2. The van der Waals surface area contributed by atoms with Gasteiger partial charge in [-0.1, -0.05) is 49.3 Å². The first-order valence-corrected chi connectivity index (χ1v) is 7.92. The summed E-state index contributed by atoms with van der Waals surface area (Å²) in [7, 11) is 0. The summed E-state index contributed by atoms with van der Waals surface area (Å²) in [5.74, 6) is 0.471. The van der Waals surface area contributed by atoms with Gasteiger partial charge in [0.1, 0.15) is 5.76 Å². The summed E-state index contributed by atoms with van der Waals surface area (Å²) in [6, 6.07) is 11.7. The first-order chi connectivity index (χ1) is 11.4. The second kappa shape index (κ2) is 7.77. The molecule has 2 rings (SSSR count). The minimum Gasteiger partial charge on any atom is -0.360 e. The van der Waals surface area contributed by atoms with Gasteiger partial charge in [0.2, 0.25) is 11.8 Å². The summed E-state index contributed by atoms with van der Waals surface area (Å²) in [6.07, 6.45) is 1.06. The van der Waals surface area contributed by atoms with Gasteiger partial charge in [0, 0.05) is 12.5 Å². The van der Waals surface area contributed by atoms with Gasteiger partial charge in [-0.25, -0.2) is 0 Å². The molecule has 1 aromatic heterocycles. The summed E-state index contributed by atoms with van der Waals surface area (Å²) < 4.78 is 4.86. The monoisotopic (exact) mass is 329 g/mol. The molecule has 1 heterocycles. The van der Waals surface area contributed by atoms with Gasteiger partial charge in [-0.3, -0.25) is 9.59 Å². The molecule has 0 fully saturated rings. The average molecular weight is 329 g/mol. The van der Waals surface area contributed by atoms with Gasteiger partial charge in [-0.15, -0.1) is 0 Å². The van der Waals surface area contributed by atoms with Crippen molar-refractivity contribution in [1.29, 1.82) is 0 Å². The molecule has 0 aliphatic heterocycles. The summed E-state index contributed by atoms with van der Waals surface area (Å²) in [6.45, 7) is 5.86. The highest BCUT2D eigenvalue weighted by Gasteiger charge is 2.21. The van der Waals surface area contributed by atoms with Crippen molar-refractivity contribution in [3.05, 3.63) is 47.7 Å². The molecule has 6 heteroatoms. The normalized spacial score (nSPS) is 11.1. The van der Waals surface area contributed by atoms with Crippen molar-refractivity contribution >= 4 is 17.6 Å². The standard InChI is InChI=1S/C18H23N3O3/c1-13-11-15(21-24-13)20-17(23)12-19-16(22)9-10-18(2,3)14-7-5-4-6-8-14/h4-8,11H,9-10,12H2,1-3H3,(H,19,22)(H,20,21,23). The van der Waals surface area contributed by atoms with Gasteiger partial charge < -0.3 is 15.2 Å². The van der Waals surface area contributed by atoms with Crippen LogP contribution in [0.5, 0.6) is 0 Å². The van der Waals surface area contributed by atoms with E-state index in [0.29, 0.717) is 24.4 Å². The first-order valence-electron chi connectivity index (χ1n) is 7.92. The van der Waals surface area contributed by atoms with E-state index in [1.54, 1.807) is 13.0 Å². The minimum atomic E-state index is -0.334. The maximum Gasteiger partial charge on any atom is 0.245 e. The zero-order valence-corrected chi connectivity index (χ0v) is 14.3. The Morgan fingerprint density at radius 3 is 2.50 bits per heavy atom. The lowest BCUT2D eigenvalue weighted by Crippen LogP contribution is -2.33. The Morgan fingerprint density at radius 1 is 1.17 bits per heavy atom. The Kier molecular flexibility index (Phi) is 5.73. The van der Waals surface area contributed by atoms with Crippen LogP contribution in [-0.2, 0) is 15.0 Å². The maximum absolute atomic E-state index is 12.0. The Bertz CT molecular complexity index is 693. The van der Waals surface area contributed by atoms with Crippen LogP contribution in [0, 0.1) is 6.92 Å². The van der Waals surface area contributed by atoms with Crippen LogP contribution >= 0.6 is 0 Å². The van der Waals surface area contributed by atoms with E-state index in [9.17, 15) is 9.59 Å². The van der Waals surface area contributed by atoms with Crippen LogP contribution in [0.25, 0.3) is 0 Å². The third-order valence-corrected chi connectivity index (χ3v) is 3.87. The fourth-order valence-corrected chi connectivity index (χ4v) is 2.34. The van der Waals surface area contributed by atoms with Crippen molar-refractivity contribution in [2.45, 2.75) is 39.0 Å². The molecule has 24 heavy (non-hydrogen) atoms. The van der Waals surface area contributed by atoms with Crippen LogP contribution < -0.4 is 10.6 Å². The van der Waals surface area contributed by atoms with Crippen molar-refractivity contribution in [2.75, 3.05) is 11.9 Å². The van der Waals surface area contributed by atoms with E-state index < -0.39 is 0 Å². The number of hydrogen-bond acceptors (Lipinski definition) is 4. The lowest BCUT2D eigenvalue weighted by atomic mass is 9.80. The van der Waals surface area contributed by atoms with Crippen molar-refractivity contribution < 1.29 is 14.1 Å². The molecule has 0 saturated heterocycles.